The van der Waals surface area contributed by atoms with E-state index in [1.54, 1.807) is 4.68 Å². The summed E-state index contributed by atoms with van der Waals surface area (Å²) in [4.78, 5) is 14.7. The molecule has 1 aliphatic heterocycles. The van der Waals surface area contributed by atoms with Gasteiger partial charge in [0.1, 0.15) is 5.60 Å². The topological polar surface area (TPSA) is 59.4 Å². The fourth-order valence-corrected chi connectivity index (χ4v) is 4.53. The lowest BCUT2D eigenvalue weighted by molar-refractivity contribution is -0.0909. The molecule has 138 valence electrons. The third kappa shape index (κ3) is 3.68. The number of morpholine rings is 1. The molecule has 3 fully saturated rings. The Balaban J connectivity index is 1.36. The van der Waals surface area contributed by atoms with Gasteiger partial charge in [0.2, 0.25) is 0 Å². The van der Waals surface area contributed by atoms with Crippen molar-refractivity contribution in [2.45, 2.75) is 57.1 Å². The summed E-state index contributed by atoms with van der Waals surface area (Å²) in [5.74, 6) is 1.78. The molecule has 2 heterocycles. The molecule has 0 bridgehead atoms. The molecule has 1 aromatic rings. The molecule has 4 rings (SSSR count). The molecule has 2 saturated carbocycles. The number of carbonyl (C=O) groups is 1. The summed E-state index contributed by atoms with van der Waals surface area (Å²) in [6.07, 6.45) is 11.5. The van der Waals surface area contributed by atoms with Crippen LogP contribution in [0.3, 0.4) is 0 Å². The van der Waals surface area contributed by atoms with E-state index in [-0.39, 0.29) is 6.03 Å². The Labute approximate surface area is 149 Å². The largest absolute Gasteiger partial charge is 0.367 e. The third-order valence-corrected chi connectivity index (χ3v) is 6.21. The van der Waals surface area contributed by atoms with Gasteiger partial charge in [-0.3, -0.25) is 4.68 Å². The van der Waals surface area contributed by atoms with E-state index >= 15 is 0 Å². The Morgan fingerprint density at radius 3 is 2.88 bits per heavy atom. The summed E-state index contributed by atoms with van der Waals surface area (Å²) >= 11 is 0. The van der Waals surface area contributed by atoms with Gasteiger partial charge < -0.3 is 15.0 Å². The number of nitrogens with one attached hydrogen (secondary N) is 1. The average molecular weight is 346 g/mol. The van der Waals surface area contributed by atoms with Crippen molar-refractivity contribution in [1.29, 1.82) is 0 Å². The molecule has 6 nitrogen and oxygen atoms in total. The number of hydrogen-bond donors (Lipinski definition) is 1. The lowest BCUT2D eigenvalue weighted by Gasteiger charge is -2.41. The van der Waals surface area contributed by atoms with Crippen LogP contribution in [0.2, 0.25) is 0 Å². The lowest BCUT2D eigenvalue weighted by Crippen LogP contribution is -2.55. The maximum absolute atomic E-state index is 12.8. The Morgan fingerprint density at radius 2 is 2.16 bits per heavy atom. The van der Waals surface area contributed by atoms with E-state index in [2.05, 4.69) is 10.4 Å². The van der Waals surface area contributed by atoms with E-state index in [1.165, 1.54) is 32.1 Å². The van der Waals surface area contributed by atoms with Crippen molar-refractivity contribution in [1.82, 2.24) is 20.0 Å². The molecular weight excluding hydrogens is 316 g/mol. The van der Waals surface area contributed by atoms with Crippen LogP contribution in [0.25, 0.3) is 0 Å². The van der Waals surface area contributed by atoms with Crippen LogP contribution >= 0.6 is 0 Å². The van der Waals surface area contributed by atoms with Gasteiger partial charge in [-0.1, -0.05) is 12.8 Å². The first-order chi connectivity index (χ1) is 12.0. The first-order valence-electron chi connectivity index (χ1n) is 9.72. The van der Waals surface area contributed by atoms with Crippen LogP contribution in [0.15, 0.2) is 12.4 Å². The highest BCUT2D eigenvalue weighted by Gasteiger charge is 2.38. The van der Waals surface area contributed by atoms with E-state index in [0.717, 1.165) is 23.8 Å². The van der Waals surface area contributed by atoms with Crippen molar-refractivity contribution in [3.8, 4) is 0 Å². The lowest BCUT2D eigenvalue weighted by atomic mass is 9.83. The number of carbonyl (C=O) groups excluding carboxylic acids is 1. The zero-order valence-corrected chi connectivity index (χ0v) is 15.4. The van der Waals surface area contributed by atoms with Gasteiger partial charge in [-0.2, -0.15) is 5.10 Å². The highest BCUT2D eigenvalue weighted by molar-refractivity contribution is 5.74. The highest BCUT2D eigenvalue weighted by Crippen LogP contribution is 2.43. The SMILES string of the molecule is Cn1cc([C@]2(C)CN(C(=O)N[C@@H]3CCC[C@@H](C4CC4)C3)CCO2)cn1. The second-order valence-electron chi connectivity index (χ2n) is 8.31. The number of amides is 2. The molecule has 0 aromatic carbocycles. The Morgan fingerprint density at radius 1 is 1.32 bits per heavy atom. The average Bonchev–Trinajstić information content (AvgIpc) is 3.36. The van der Waals surface area contributed by atoms with Gasteiger partial charge in [-0.05, 0) is 44.4 Å². The number of rotatable bonds is 3. The van der Waals surface area contributed by atoms with Crippen molar-refractivity contribution in [2.24, 2.45) is 18.9 Å². The van der Waals surface area contributed by atoms with E-state index in [4.69, 9.17) is 4.74 Å². The molecular formula is C19H30N4O2. The van der Waals surface area contributed by atoms with Crippen molar-refractivity contribution < 1.29 is 9.53 Å². The molecule has 1 aromatic heterocycles. The standard InChI is InChI=1S/C19H30N4O2/c1-19(16-11-20-22(2)12-16)13-23(8-9-25-19)18(24)21-17-5-3-4-15(10-17)14-6-7-14/h11-12,14-15,17H,3-10,13H2,1-2H3,(H,21,24)/t15-,17-,19+/m1/s1. The fraction of sp³-hybridized carbons (Fsp3) is 0.789. The first kappa shape index (κ1) is 16.9. The molecule has 1 N–H and O–H groups in total. The molecule has 1 saturated heterocycles. The number of aromatic nitrogens is 2. The zero-order valence-electron chi connectivity index (χ0n) is 15.4. The Hall–Kier alpha value is -1.56. The molecule has 3 atom stereocenters. The summed E-state index contributed by atoms with van der Waals surface area (Å²) in [6, 6.07) is 0.416. The second-order valence-corrected chi connectivity index (χ2v) is 8.31. The maximum Gasteiger partial charge on any atom is 0.317 e. The van der Waals surface area contributed by atoms with Crippen molar-refractivity contribution >= 4 is 6.03 Å². The molecule has 2 amide bonds. The van der Waals surface area contributed by atoms with E-state index in [0.29, 0.717) is 25.7 Å². The molecule has 2 aliphatic carbocycles. The summed E-state index contributed by atoms with van der Waals surface area (Å²) in [5, 5.41) is 7.56. The predicted octanol–water partition coefficient (Wildman–Crippen LogP) is 2.65. The van der Waals surface area contributed by atoms with Crippen LogP contribution in [-0.2, 0) is 17.4 Å². The summed E-state index contributed by atoms with van der Waals surface area (Å²) in [5.41, 5.74) is 0.548. The number of urea groups is 1. The Kier molecular flexibility index (Phi) is 4.48. The zero-order chi connectivity index (χ0) is 17.4. The number of aryl methyl sites for hydroxylation is 1. The molecule has 3 aliphatic rings. The molecule has 25 heavy (non-hydrogen) atoms. The maximum atomic E-state index is 12.8. The summed E-state index contributed by atoms with van der Waals surface area (Å²) < 4.78 is 7.80. The molecule has 0 radical (unpaired) electrons. The van der Waals surface area contributed by atoms with Crippen LogP contribution < -0.4 is 5.32 Å². The number of hydrogen-bond acceptors (Lipinski definition) is 3. The van der Waals surface area contributed by atoms with Crippen LogP contribution in [0.1, 0.15) is 51.0 Å². The quantitative estimate of drug-likeness (QED) is 0.915. The van der Waals surface area contributed by atoms with Gasteiger partial charge in [-0.15, -0.1) is 0 Å². The monoisotopic (exact) mass is 346 g/mol. The van der Waals surface area contributed by atoms with Crippen LogP contribution in [-0.4, -0.2) is 46.4 Å². The van der Waals surface area contributed by atoms with Gasteiger partial charge in [0.15, 0.2) is 0 Å². The third-order valence-electron chi connectivity index (χ3n) is 6.21. The van der Waals surface area contributed by atoms with Crippen LogP contribution in [0.5, 0.6) is 0 Å². The van der Waals surface area contributed by atoms with Crippen molar-refractivity contribution in [3.63, 3.8) is 0 Å². The van der Waals surface area contributed by atoms with Crippen molar-refractivity contribution in [3.05, 3.63) is 18.0 Å². The minimum atomic E-state index is -0.479. The van der Waals surface area contributed by atoms with Gasteiger partial charge in [0.05, 0.1) is 19.3 Å². The minimum absolute atomic E-state index is 0.0693. The van der Waals surface area contributed by atoms with Crippen LogP contribution in [0, 0.1) is 11.8 Å². The van der Waals surface area contributed by atoms with E-state index < -0.39 is 5.60 Å². The van der Waals surface area contributed by atoms with Crippen molar-refractivity contribution in [2.75, 3.05) is 19.7 Å². The normalized spacial score (nSPS) is 33.3. The number of ether oxygens (including phenoxy) is 1. The fourth-order valence-electron chi connectivity index (χ4n) is 4.53. The summed E-state index contributed by atoms with van der Waals surface area (Å²) in [6.45, 7) is 3.84. The minimum Gasteiger partial charge on any atom is -0.367 e. The molecule has 0 spiro atoms. The van der Waals surface area contributed by atoms with Gasteiger partial charge in [-0.25, -0.2) is 4.79 Å². The first-order valence-corrected chi connectivity index (χ1v) is 9.72. The van der Waals surface area contributed by atoms with Gasteiger partial charge in [0, 0.05) is 31.4 Å². The van der Waals surface area contributed by atoms with E-state index in [1.807, 2.05) is 31.3 Å². The Bertz CT molecular complexity index is 627. The summed E-state index contributed by atoms with van der Waals surface area (Å²) in [7, 11) is 1.90. The molecule has 6 heteroatoms. The van der Waals surface area contributed by atoms with E-state index in [9.17, 15) is 4.79 Å². The van der Waals surface area contributed by atoms with Crippen LogP contribution in [0.4, 0.5) is 4.79 Å². The highest BCUT2D eigenvalue weighted by atomic mass is 16.5. The number of nitrogens with zero attached hydrogens (tertiary/aromatic N) is 3. The van der Waals surface area contributed by atoms with Gasteiger partial charge >= 0.3 is 6.03 Å². The second kappa shape index (κ2) is 6.63. The molecule has 0 unspecified atom stereocenters. The predicted molar refractivity (Wildman–Crippen MR) is 95.1 cm³/mol. The van der Waals surface area contributed by atoms with Gasteiger partial charge in [0.25, 0.3) is 0 Å². The smallest absolute Gasteiger partial charge is 0.317 e.